The van der Waals surface area contributed by atoms with E-state index >= 15 is 0 Å². The van der Waals surface area contributed by atoms with Crippen molar-refractivity contribution in [1.82, 2.24) is 5.32 Å². The number of hydrogen-bond donors (Lipinski definition) is 1. The first-order valence-electron chi connectivity index (χ1n) is 4.51. The van der Waals surface area contributed by atoms with Gasteiger partial charge in [0.05, 0.1) is 5.71 Å². The molecule has 86 valence electrons. The molecule has 1 aliphatic heterocycles. The van der Waals surface area contributed by atoms with Crippen LogP contribution in [0.4, 0.5) is 0 Å². The third kappa shape index (κ3) is 2.90. The number of thioether (sulfide) groups is 1. The van der Waals surface area contributed by atoms with Crippen LogP contribution in [-0.4, -0.2) is 23.7 Å². The van der Waals surface area contributed by atoms with Crippen molar-refractivity contribution in [3.63, 3.8) is 0 Å². The molecule has 3 nitrogen and oxygen atoms in total. The van der Waals surface area contributed by atoms with Crippen molar-refractivity contribution in [2.24, 2.45) is 10.2 Å². The first kappa shape index (κ1) is 13.4. The molecule has 0 radical (unpaired) electrons. The maximum absolute atomic E-state index is 6.07. The van der Waals surface area contributed by atoms with Crippen molar-refractivity contribution < 1.29 is 0 Å². The van der Waals surface area contributed by atoms with Gasteiger partial charge in [-0.2, -0.15) is 5.10 Å². The average Bonchev–Trinajstić information content (AvgIpc) is 2.30. The Balaban J connectivity index is 0.00000128. The minimum absolute atomic E-state index is 0. The monoisotopic (exact) mass is 275 g/mol. The highest BCUT2D eigenvalue weighted by Crippen LogP contribution is 2.20. The Hall–Kier alpha value is -0.710. The van der Waals surface area contributed by atoms with Crippen molar-refractivity contribution in [1.29, 1.82) is 0 Å². The number of nitrogens with zero attached hydrogens (tertiary/aromatic N) is 2. The van der Waals surface area contributed by atoms with Crippen LogP contribution in [-0.2, 0) is 0 Å². The summed E-state index contributed by atoms with van der Waals surface area (Å²) in [6.07, 6.45) is 0. The van der Waals surface area contributed by atoms with E-state index in [1.807, 2.05) is 31.3 Å². The van der Waals surface area contributed by atoms with Gasteiger partial charge < -0.3 is 5.32 Å². The lowest BCUT2D eigenvalue weighted by Gasteiger charge is -2.11. The molecular formula is C10H11Cl2N3S. The molecule has 0 aromatic heterocycles. The largest absolute Gasteiger partial charge is 0.366 e. The number of hydrogen-bond acceptors (Lipinski definition) is 4. The molecule has 1 aliphatic rings. The van der Waals surface area contributed by atoms with Gasteiger partial charge in [0, 0.05) is 23.4 Å². The minimum atomic E-state index is 0. The van der Waals surface area contributed by atoms with Gasteiger partial charge in [0.25, 0.3) is 0 Å². The van der Waals surface area contributed by atoms with Gasteiger partial charge in [-0.05, 0) is 6.07 Å². The summed E-state index contributed by atoms with van der Waals surface area (Å²) in [6, 6.07) is 7.68. The van der Waals surface area contributed by atoms with Crippen LogP contribution in [0.2, 0.25) is 5.02 Å². The van der Waals surface area contributed by atoms with E-state index in [1.165, 1.54) is 0 Å². The van der Waals surface area contributed by atoms with Gasteiger partial charge in [-0.3, -0.25) is 0 Å². The smallest absolute Gasteiger partial charge is 0.183 e. The van der Waals surface area contributed by atoms with E-state index in [9.17, 15) is 0 Å². The fraction of sp³-hybridized carbons (Fsp3) is 0.200. The normalized spacial score (nSPS) is 14.6. The molecule has 0 atom stereocenters. The fourth-order valence-corrected chi connectivity index (χ4v) is 2.22. The van der Waals surface area contributed by atoms with Gasteiger partial charge in [0.15, 0.2) is 5.17 Å². The van der Waals surface area contributed by atoms with Crippen molar-refractivity contribution in [2.45, 2.75) is 0 Å². The topological polar surface area (TPSA) is 36.8 Å². The van der Waals surface area contributed by atoms with Crippen LogP contribution in [0.25, 0.3) is 0 Å². The molecule has 1 aromatic carbocycles. The summed E-state index contributed by atoms with van der Waals surface area (Å²) in [6.45, 7) is 0. The molecule has 16 heavy (non-hydrogen) atoms. The van der Waals surface area contributed by atoms with Crippen LogP contribution in [0.5, 0.6) is 0 Å². The van der Waals surface area contributed by atoms with Gasteiger partial charge in [0.1, 0.15) is 0 Å². The Bertz CT molecular complexity index is 432. The maximum atomic E-state index is 6.07. The summed E-state index contributed by atoms with van der Waals surface area (Å²) in [5.74, 6) is 0.795. The predicted molar refractivity (Wildman–Crippen MR) is 74.2 cm³/mol. The molecule has 0 saturated heterocycles. The molecule has 6 heteroatoms. The fourth-order valence-electron chi connectivity index (χ4n) is 1.25. The highest BCUT2D eigenvalue weighted by Gasteiger charge is 2.13. The zero-order chi connectivity index (χ0) is 10.7. The number of benzene rings is 1. The lowest BCUT2D eigenvalue weighted by Crippen LogP contribution is -2.20. The van der Waals surface area contributed by atoms with Crippen LogP contribution >= 0.6 is 35.8 Å². The van der Waals surface area contributed by atoms with Gasteiger partial charge in [0.2, 0.25) is 0 Å². The van der Waals surface area contributed by atoms with E-state index in [2.05, 4.69) is 15.5 Å². The quantitative estimate of drug-likeness (QED) is 0.856. The Morgan fingerprint density at radius 2 is 2.06 bits per heavy atom. The molecular weight excluding hydrogens is 265 g/mol. The molecule has 2 rings (SSSR count). The van der Waals surface area contributed by atoms with E-state index in [4.69, 9.17) is 11.6 Å². The average molecular weight is 276 g/mol. The Morgan fingerprint density at radius 1 is 1.31 bits per heavy atom. The number of nitrogens with one attached hydrogen (secondary N) is 1. The number of rotatable bonds is 1. The zero-order valence-electron chi connectivity index (χ0n) is 8.61. The van der Waals surface area contributed by atoms with Crippen LogP contribution in [0.1, 0.15) is 5.56 Å². The summed E-state index contributed by atoms with van der Waals surface area (Å²) < 4.78 is 0. The predicted octanol–water partition coefficient (Wildman–Crippen LogP) is 2.79. The standard InChI is InChI=1S/C10H10ClN3S.ClH/c1-12-10-14-13-9(6-15-10)7-4-2-3-5-8(7)11;/h2-5H,6H2,1H3,(H,12,14);1H. The number of amidine groups is 1. The van der Waals surface area contributed by atoms with Gasteiger partial charge in [-0.25, -0.2) is 0 Å². The van der Waals surface area contributed by atoms with Crippen molar-refractivity contribution >= 4 is 46.6 Å². The van der Waals surface area contributed by atoms with Gasteiger partial charge >= 0.3 is 0 Å². The third-order valence-corrected chi connectivity index (χ3v) is 3.31. The summed E-state index contributed by atoms with van der Waals surface area (Å²) >= 11 is 7.70. The molecule has 0 fully saturated rings. The van der Waals surface area contributed by atoms with E-state index in [0.717, 1.165) is 27.2 Å². The van der Waals surface area contributed by atoms with E-state index in [1.54, 1.807) is 11.8 Å². The molecule has 0 aliphatic carbocycles. The molecule has 0 spiro atoms. The maximum Gasteiger partial charge on any atom is 0.183 e. The molecule has 0 unspecified atom stereocenters. The summed E-state index contributed by atoms with van der Waals surface area (Å²) in [7, 11) is 1.84. The first-order valence-corrected chi connectivity index (χ1v) is 5.87. The lowest BCUT2D eigenvalue weighted by molar-refractivity contribution is 1.13. The highest BCUT2D eigenvalue weighted by atomic mass is 35.5. The van der Waals surface area contributed by atoms with Crippen LogP contribution in [0.15, 0.2) is 34.5 Å². The highest BCUT2D eigenvalue weighted by molar-refractivity contribution is 8.14. The number of halogens is 2. The molecule has 0 bridgehead atoms. The summed E-state index contributed by atoms with van der Waals surface area (Å²) in [5, 5.41) is 12.7. The van der Waals surface area contributed by atoms with Crippen LogP contribution in [0, 0.1) is 0 Å². The minimum Gasteiger partial charge on any atom is -0.366 e. The molecule has 1 N–H and O–H groups in total. The van der Waals surface area contributed by atoms with Crippen molar-refractivity contribution in [3.8, 4) is 0 Å². The van der Waals surface area contributed by atoms with Crippen LogP contribution < -0.4 is 5.32 Å². The third-order valence-electron chi connectivity index (χ3n) is 2.01. The first-order chi connectivity index (χ1) is 7.31. The Labute approximate surface area is 110 Å². The van der Waals surface area contributed by atoms with Gasteiger partial charge in [-0.1, -0.05) is 41.6 Å². The molecule has 0 saturated carbocycles. The second kappa shape index (κ2) is 6.13. The second-order valence-corrected chi connectivity index (χ2v) is 4.34. The lowest BCUT2D eigenvalue weighted by atomic mass is 10.1. The van der Waals surface area contributed by atoms with Crippen molar-refractivity contribution in [3.05, 3.63) is 34.9 Å². The molecule has 1 heterocycles. The zero-order valence-corrected chi connectivity index (χ0v) is 11.0. The summed E-state index contributed by atoms with van der Waals surface area (Å²) in [5.41, 5.74) is 1.88. The summed E-state index contributed by atoms with van der Waals surface area (Å²) in [4.78, 5) is 0. The molecule has 0 amide bonds. The second-order valence-electron chi connectivity index (χ2n) is 2.97. The SMILES string of the molecule is CNC1=NN=C(c2ccccc2Cl)CS1.Cl. The Kier molecular flexibility index (Phi) is 5.12. The van der Waals surface area contributed by atoms with E-state index < -0.39 is 0 Å². The van der Waals surface area contributed by atoms with Crippen molar-refractivity contribution in [2.75, 3.05) is 12.8 Å². The molecule has 1 aromatic rings. The van der Waals surface area contributed by atoms with E-state index in [0.29, 0.717) is 0 Å². The van der Waals surface area contributed by atoms with Crippen LogP contribution in [0.3, 0.4) is 0 Å². The Morgan fingerprint density at radius 3 is 2.62 bits per heavy atom. The van der Waals surface area contributed by atoms with Gasteiger partial charge in [-0.15, -0.1) is 17.5 Å². The van der Waals surface area contributed by atoms with E-state index in [-0.39, 0.29) is 12.4 Å².